The Morgan fingerprint density at radius 3 is 1.53 bits per heavy atom. The molecule has 0 atom stereocenters. The van der Waals surface area contributed by atoms with E-state index in [9.17, 15) is 0 Å². The topological polar surface area (TPSA) is 55.1 Å². The van der Waals surface area contributed by atoms with Gasteiger partial charge in [0.05, 0.1) is 0 Å². The minimum absolute atomic E-state index is 0.590. The standard InChI is InChI=1S/C51H32N4OS/c1-4-12-33(13-5-1)34-20-24-39(25-21-34)55(38-16-8-3-9-17-38)40-26-29-42-41-27-22-36(30-45(41)56-46(42)32-40)50-52-49(35-14-6-2-7-15-35)53-51(54-50)37-23-28-44-43-18-10-11-19-47(43)57-48(44)31-37/h1-32H. The molecule has 11 rings (SSSR count). The lowest BCUT2D eigenvalue weighted by atomic mass is 10.0. The van der Waals surface area contributed by atoms with Gasteiger partial charge in [0.1, 0.15) is 11.2 Å². The van der Waals surface area contributed by atoms with Crippen molar-refractivity contribution in [3.8, 4) is 45.3 Å². The van der Waals surface area contributed by atoms with Crippen molar-refractivity contribution in [2.75, 3.05) is 4.90 Å². The number of nitrogens with zero attached hydrogens (tertiary/aromatic N) is 4. The Bertz CT molecular complexity index is 3230. The molecule has 0 N–H and O–H groups in total. The second-order valence-corrected chi connectivity index (χ2v) is 15.1. The molecule has 11 aromatic rings. The van der Waals surface area contributed by atoms with E-state index in [0.29, 0.717) is 17.5 Å². The van der Waals surface area contributed by atoms with Crippen molar-refractivity contribution in [1.29, 1.82) is 0 Å². The maximum atomic E-state index is 6.66. The molecule has 6 heteroatoms. The Kier molecular flexibility index (Phi) is 7.93. The van der Waals surface area contributed by atoms with E-state index >= 15 is 0 Å². The average molecular weight is 749 g/mol. The van der Waals surface area contributed by atoms with E-state index in [0.717, 1.165) is 55.7 Å². The maximum absolute atomic E-state index is 6.66. The SMILES string of the molecule is c1ccc(-c2ccc(N(c3ccccc3)c3ccc4c(c3)oc3cc(-c5nc(-c6ccccc6)nc(-c6ccc7c(c6)sc6ccccc67)n5)ccc34)cc2)cc1. The monoisotopic (exact) mass is 748 g/mol. The van der Waals surface area contributed by atoms with Gasteiger partial charge < -0.3 is 9.32 Å². The van der Waals surface area contributed by atoms with Gasteiger partial charge in [-0.25, -0.2) is 15.0 Å². The number of anilines is 3. The molecule has 0 saturated carbocycles. The summed E-state index contributed by atoms with van der Waals surface area (Å²) in [4.78, 5) is 17.4. The van der Waals surface area contributed by atoms with Crippen molar-refractivity contribution in [1.82, 2.24) is 15.0 Å². The summed E-state index contributed by atoms with van der Waals surface area (Å²) in [5, 5.41) is 4.59. The van der Waals surface area contributed by atoms with Crippen LogP contribution in [0.1, 0.15) is 0 Å². The summed E-state index contributed by atoms with van der Waals surface area (Å²) in [6, 6.07) is 67.5. The minimum Gasteiger partial charge on any atom is -0.456 e. The van der Waals surface area contributed by atoms with Crippen molar-refractivity contribution in [3.63, 3.8) is 0 Å². The number of rotatable bonds is 7. The van der Waals surface area contributed by atoms with Gasteiger partial charge in [0.2, 0.25) is 0 Å². The van der Waals surface area contributed by atoms with Crippen LogP contribution in [0.4, 0.5) is 17.1 Å². The number of para-hydroxylation sites is 1. The minimum atomic E-state index is 0.590. The molecule has 0 radical (unpaired) electrons. The third-order valence-corrected chi connectivity index (χ3v) is 11.7. The van der Waals surface area contributed by atoms with E-state index in [1.807, 2.05) is 42.5 Å². The van der Waals surface area contributed by atoms with Gasteiger partial charge in [0, 0.05) is 70.8 Å². The van der Waals surface area contributed by atoms with Crippen LogP contribution in [-0.2, 0) is 0 Å². The van der Waals surface area contributed by atoms with E-state index in [-0.39, 0.29) is 0 Å². The Balaban J connectivity index is 0.998. The molecule has 0 bridgehead atoms. The number of hydrogen-bond acceptors (Lipinski definition) is 6. The van der Waals surface area contributed by atoms with Crippen molar-refractivity contribution in [2.45, 2.75) is 0 Å². The number of hydrogen-bond donors (Lipinski definition) is 0. The van der Waals surface area contributed by atoms with Crippen LogP contribution in [0.3, 0.4) is 0 Å². The zero-order valence-electron chi connectivity index (χ0n) is 30.6. The van der Waals surface area contributed by atoms with Crippen molar-refractivity contribution in [2.24, 2.45) is 0 Å². The van der Waals surface area contributed by atoms with Gasteiger partial charge in [-0.1, -0.05) is 127 Å². The highest BCUT2D eigenvalue weighted by Crippen LogP contribution is 2.40. The van der Waals surface area contributed by atoms with E-state index in [2.05, 4.69) is 157 Å². The molecule has 0 unspecified atom stereocenters. The zero-order valence-corrected chi connectivity index (χ0v) is 31.4. The van der Waals surface area contributed by atoms with Gasteiger partial charge >= 0.3 is 0 Å². The first-order chi connectivity index (χ1) is 28.2. The molecule has 8 aromatic carbocycles. The van der Waals surface area contributed by atoms with Crippen LogP contribution in [0.2, 0.25) is 0 Å². The van der Waals surface area contributed by atoms with E-state index < -0.39 is 0 Å². The maximum Gasteiger partial charge on any atom is 0.164 e. The molecule has 57 heavy (non-hydrogen) atoms. The molecular weight excluding hydrogens is 717 g/mol. The summed E-state index contributed by atoms with van der Waals surface area (Å²) >= 11 is 1.79. The van der Waals surface area contributed by atoms with Crippen LogP contribution >= 0.6 is 11.3 Å². The zero-order chi connectivity index (χ0) is 37.7. The van der Waals surface area contributed by atoms with Crippen LogP contribution in [0, 0.1) is 0 Å². The predicted octanol–water partition coefficient (Wildman–Crippen LogP) is 14.3. The quantitative estimate of drug-likeness (QED) is 0.162. The van der Waals surface area contributed by atoms with E-state index in [1.165, 1.54) is 31.3 Å². The molecule has 0 aliphatic heterocycles. The summed E-state index contributed by atoms with van der Waals surface area (Å²) in [7, 11) is 0. The second-order valence-electron chi connectivity index (χ2n) is 14.1. The lowest BCUT2D eigenvalue weighted by Gasteiger charge is -2.25. The molecule has 3 aromatic heterocycles. The molecule has 268 valence electrons. The van der Waals surface area contributed by atoms with Crippen LogP contribution < -0.4 is 4.90 Å². The molecule has 0 aliphatic carbocycles. The van der Waals surface area contributed by atoms with Crippen molar-refractivity contribution < 1.29 is 4.42 Å². The smallest absolute Gasteiger partial charge is 0.164 e. The van der Waals surface area contributed by atoms with Gasteiger partial charge in [-0.05, 0) is 71.8 Å². The second kappa shape index (κ2) is 13.7. The highest BCUT2D eigenvalue weighted by molar-refractivity contribution is 7.25. The highest BCUT2D eigenvalue weighted by Gasteiger charge is 2.18. The first kappa shape index (κ1) is 33.0. The highest BCUT2D eigenvalue weighted by atomic mass is 32.1. The summed E-state index contributed by atoms with van der Waals surface area (Å²) in [5.41, 5.74) is 9.81. The van der Waals surface area contributed by atoms with Gasteiger partial charge in [-0.15, -0.1) is 11.3 Å². The fraction of sp³-hybridized carbons (Fsp3) is 0. The number of thiophene rings is 1. The van der Waals surface area contributed by atoms with Crippen LogP contribution in [0.15, 0.2) is 199 Å². The summed E-state index contributed by atoms with van der Waals surface area (Å²) in [5.74, 6) is 1.84. The Morgan fingerprint density at radius 1 is 0.333 bits per heavy atom. The van der Waals surface area contributed by atoms with E-state index in [1.54, 1.807) is 11.3 Å². The first-order valence-corrected chi connectivity index (χ1v) is 19.7. The van der Waals surface area contributed by atoms with Gasteiger partial charge in [-0.2, -0.15) is 0 Å². The van der Waals surface area contributed by atoms with Gasteiger partial charge in [0.15, 0.2) is 17.5 Å². The Labute approximate surface area is 332 Å². The number of benzene rings is 8. The fourth-order valence-corrected chi connectivity index (χ4v) is 8.86. The van der Waals surface area contributed by atoms with Crippen molar-refractivity contribution in [3.05, 3.63) is 194 Å². The van der Waals surface area contributed by atoms with Crippen LogP contribution in [0.25, 0.3) is 87.4 Å². The average Bonchev–Trinajstić information content (AvgIpc) is 3.85. The number of aromatic nitrogens is 3. The third kappa shape index (κ3) is 6.00. The Morgan fingerprint density at radius 2 is 0.807 bits per heavy atom. The normalized spacial score (nSPS) is 11.5. The molecular formula is C51H32N4OS. The largest absolute Gasteiger partial charge is 0.456 e. The van der Waals surface area contributed by atoms with Crippen LogP contribution in [-0.4, -0.2) is 15.0 Å². The third-order valence-electron chi connectivity index (χ3n) is 10.5. The Hall–Kier alpha value is -7.41. The van der Waals surface area contributed by atoms with Gasteiger partial charge in [-0.3, -0.25) is 0 Å². The molecule has 0 fully saturated rings. The molecule has 5 nitrogen and oxygen atoms in total. The lowest BCUT2D eigenvalue weighted by Crippen LogP contribution is -2.09. The first-order valence-electron chi connectivity index (χ1n) is 18.9. The predicted molar refractivity (Wildman–Crippen MR) is 236 cm³/mol. The van der Waals surface area contributed by atoms with Gasteiger partial charge in [0.25, 0.3) is 0 Å². The lowest BCUT2D eigenvalue weighted by molar-refractivity contribution is 0.669. The molecule has 0 amide bonds. The number of furan rings is 1. The summed E-state index contributed by atoms with van der Waals surface area (Å²) < 4.78 is 9.13. The van der Waals surface area contributed by atoms with Crippen LogP contribution in [0.5, 0.6) is 0 Å². The van der Waals surface area contributed by atoms with Crippen molar-refractivity contribution >= 4 is 70.5 Å². The number of fused-ring (bicyclic) bond motifs is 6. The molecule has 0 aliphatic rings. The van der Waals surface area contributed by atoms with E-state index in [4.69, 9.17) is 19.4 Å². The fourth-order valence-electron chi connectivity index (χ4n) is 7.72. The summed E-state index contributed by atoms with van der Waals surface area (Å²) in [6.07, 6.45) is 0. The summed E-state index contributed by atoms with van der Waals surface area (Å²) in [6.45, 7) is 0. The molecule has 3 heterocycles. The molecule has 0 saturated heterocycles. The molecule has 0 spiro atoms.